The first-order valence-corrected chi connectivity index (χ1v) is 4.85. The molecule has 3 nitrogen and oxygen atoms in total. The number of alkyl halides is 1. The maximum atomic E-state index is 5.67. The number of pyridine rings is 1. The topological polar surface area (TPSA) is 30.7 Å². The van der Waals surface area contributed by atoms with Crippen molar-refractivity contribution < 1.29 is 0 Å². The van der Waals surface area contributed by atoms with Gasteiger partial charge in [-0.05, 0) is 19.1 Å². The van der Waals surface area contributed by atoms with Crippen molar-refractivity contribution in [3.05, 3.63) is 42.2 Å². The summed E-state index contributed by atoms with van der Waals surface area (Å²) < 4.78 is 1.94. The molecule has 0 amide bonds. The smallest absolute Gasteiger partial charge is 0.0995 e. The second-order valence-electron chi connectivity index (χ2n) is 3.06. The van der Waals surface area contributed by atoms with Crippen LogP contribution in [0.3, 0.4) is 0 Å². The van der Waals surface area contributed by atoms with Crippen LogP contribution in [0.1, 0.15) is 11.4 Å². The third-order valence-electron chi connectivity index (χ3n) is 1.95. The van der Waals surface area contributed by atoms with Crippen molar-refractivity contribution in [1.82, 2.24) is 14.5 Å². The molecule has 0 bridgehead atoms. The molecule has 2 heterocycles. The van der Waals surface area contributed by atoms with Gasteiger partial charge in [0, 0.05) is 23.8 Å². The molecular weight excluding hydrogens is 198 g/mol. The van der Waals surface area contributed by atoms with Crippen LogP contribution in [0.4, 0.5) is 0 Å². The van der Waals surface area contributed by atoms with Gasteiger partial charge in [0.25, 0.3) is 0 Å². The minimum Gasteiger partial charge on any atom is -0.306 e. The number of imidazole rings is 1. The summed E-state index contributed by atoms with van der Waals surface area (Å²) in [6, 6.07) is 3.94. The summed E-state index contributed by atoms with van der Waals surface area (Å²) >= 11 is 5.67. The van der Waals surface area contributed by atoms with Gasteiger partial charge in [-0.25, -0.2) is 4.98 Å². The number of aromatic nitrogens is 3. The lowest BCUT2D eigenvalue weighted by Crippen LogP contribution is -1.91. The molecular formula is C10H10ClN3. The van der Waals surface area contributed by atoms with Crippen LogP contribution in [0.15, 0.2) is 30.9 Å². The molecule has 0 unspecified atom stereocenters. The highest BCUT2D eigenvalue weighted by Crippen LogP contribution is 2.09. The SMILES string of the molecule is Cc1cc(-n2cnc(CCl)c2)ccn1. The summed E-state index contributed by atoms with van der Waals surface area (Å²) in [5, 5.41) is 0. The largest absolute Gasteiger partial charge is 0.306 e. The highest BCUT2D eigenvalue weighted by Gasteiger charge is 1.99. The predicted octanol–water partition coefficient (Wildman–Crippen LogP) is 2.31. The number of hydrogen-bond acceptors (Lipinski definition) is 2. The van der Waals surface area contributed by atoms with Crippen molar-refractivity contribution in [3.63, 3.8) is 0 Å². The standard InChI is InChI=1S/C10H10ClN3/c1-8-4-10(2-3-12-8)14-6-9(5-11)13-7-14/h2-4,6-7H,5H2,1H3. The fraction of sp³-hybridized carbons (Fsp3) is 0.200. The number of hydrogen-bond donors (Lipinski definition) is 0. The average molecular weight is 208 g/mol. The van der Waals surface area contributed by atoms with Crippen molar-refractivity contribution in [3.8, 4) is 5.69 Å². The third-order valence-corrected chi connectivity index (χ3v) is 2.23. The maximum absolute atomic E-state index is 5.67. The third kappa shape index (κ3) is 1.77. The molecule has 0 radical (unpaired) electrons. The molecule has 0 N–H and O–H groups in total. The molecule has 2 rings (SSSR count). The second kappa shape index (κ2) is 3.80. The molecule has 2 aromatic heterocycles. The molecule has 0 aliphatic rings. The first-order chi connectivity index (χ1) is 6.79. The Morgan fingerprint density at radius 1 is 1.43 bits per heavy atom. The van der Waals surface area contributed by atoms with Crippen molar-refractivity contribution in [2.24, 2.45) is 0 Å². The molecule has 0 aliphatic carbocycles. The van der Waals surface area contributed by atoms with Gasteiger partial charge < -0.3 is 4.57 Å². The van der Waals surface area contributed by atoms with E-state index in [1.165, 1.54) is 0 Å². The maximum Gasteiger partial charge on any atom is 0.0995 e. The zero-order valence-corrected chi connectivity index (χ0v) is 8.57. The summed E-state index contributed by atoms with van der Waals surface area (Å²) in [5.74, 6) is 0.442. The minimum atomic E-state index is 0.442. The van der Waals surface area contributed by atoms with Crippen LogP contribution in [-0.4, -0.2) is 14.5 Å². The Hall–Kier alpha value is -1.35. The minimum absolute atomic E-state index is 0.442. The van der Waals surface area contributed by atoms with Crippen LogP contribution in [0, 0.1) is 6.92 Å². The van der Waals surface area contributed by atoms with E-state index in [2.05, 4.69) is 9.97 Å². The van der Waals surface area contributed by atoms with E-state index in [1.54, 1.807) is 12.5 Å². The van der Waals surface area contributed by atoms with Crippen LogP contribution < -0.4 is 0 Å². The number of halogens is 1. The fourth-order valence-corrected chi connectivity index (χ4v) is 1.40. The van der Waals surface area contributed by atoms with E-state index >= 15 is 0 Å². The van der Waals surface area contributed by atoms with Crippen molar-refractivity contribution in [2.75, 3.05) is 0 Å². The highest BCUT2D eigenvalue weighted by molar-refractivity contribution is 6.16. The van der Waals surface area contributed by atoms with Crippen LogP contribution in [0.25, 0.3) is 5.69 Å². The van der Waals surface area contributed by atoms with Crippen LogP contribution in [-0.2, 0) is 5.88 Å². The van der Waals surface area contributed by atoms with Gasteiger partial charge in [-0.2, -0.15) is 0 Å². The van der Waals surface area contributed by atoms with Gasteiger partial charge >= 0.3 is 0 Å². The van der Waals surface area contributed by atoms with Gasteiger partial charge in [0.15, 0.2) is 0 Å². The van der Waals surface area contributed by atoms with E-state index in [-0.39, 0.29) is 0 Å². The Morgan fingerprint density at radius 3 is 2.93 bits per heavy atom. The normalized spacial score (nSPS) is 10.4. The molecule has 0 saturated carbocycles. The molecule has 72 valence electrons. The lowest BCUT2D eigenvalue weighted by Gasteiger charge is -2.01. The Labute approximate surface area is 87.4 Å². The van der Waals surface area contributed by atoms with Gasteiger partial charge in [0.05, 0.1) is 17.9 Å². The molecule has 4 heteroatoms. The van der Waals surface area contributed by atoms with Gasteiger partial charge in [-0.1, -0.05) is 0 Å². The Kier molecular flexibility index (Phi) is 2.50. The molecule has 0 spiro atoms. The van der Waals surface area contributed by atoms with Crippen molar-refractivity contribution >= 4 is 11.6 Å². The first kappa shape index (κ1) is 9.21. The fourth-order valence-electron chi connectivity index (χ4n) is 1.26. The quantitative estimate of drug-likeness (QED) is 0.708. The summed E-state index contributed by atoms with van der Waals surface area (Å²) in [7, 11) is 0. The van der Waals surface area contributed by atoms with Gasteiger partial charge in [0.1, 0.15) is 0 Å². The number of rotatable bonds is 2. The van der Waals surface area contributed by atoms with Gasteiger partial charge in [-0.15, -0.1) is 11.6 Å². The van der Waals surface area contributed by atoms with Crippen LogP contribution in [0.2, 0.25) is 0 Å². The molecule has 0 saturated heterocycles. The first-order valence-electron chi connectivity index (χ1n) is 4.31. The second-order valence-corrected chi connectivity index (χ2v) is 3.33. The zero-order valence-electron chi connectivity index (χ0n) is 7.81. The van der Waals surface area contributed by atoms with E-state index in [4.69, 9.17) is 11.6 Å². The average Bonchev–Trinajstić information content (AvgIpc) is 2.66. The van der Waals surface area contributed by atoms with Gasteiger partial charge in [0.2, 0.25) is 0 Å². The molecule has 0 fully saturated rings. The Bertz CT molecular complexity index is 436. The monoisotopic (exact) mass is 207 g/mol. The molecule has 2 aromatic rings. The zero-order chi connectivity index (χ0) is 9.97. The highest BCUT2D eigenvalue weighted by atomic mass is 35.5. The van der Waals surface area contributed by atoms with E-state index < -0.39 is 0 Å². The van der Waals surface area contributed by atoms with Crippen molar-refractivity contribution in [2.45, 2.75) is 12.8 Å². The molecule has 14 heavy (non-hydrogen) atoms. The summed E-state index contributed by atoms with van der Waals surface area (Å²) in [4.78, 5) is 8.28. The summed E-state index contributed by atoms with van der Waals surface area (Å²) in [6.45, 7) is 1.96. The predicted molar refractivity (Wildman–Crippen MR) is 55.7 cm³/mol. The Balaban J connectivity index is 2.39. The number of aryl methyl sites for hydroxylation is 1. The number of nitrogens with zero attached hydrogens (tertiary/aromatic N) is 3. The lowest BCUT2D eigenvalue weighted by atomic mass is 10.3. The lowest BCUT2D eigenvalue weighted by molar-refractivity contribution is 1.03. The van der Waals surface area contributed by atoms with E-state index in [0.29, 0.717) is 5.88 Å². The van der Waals surface area contributed by atoms with Gasteiger partial charge in [-0.3, -0.25) is 4.98 Å². The Morgan fingerprint density at radius 2 is 2.29 bits per heavy atom. The van der Waals surface area contributed by atoms with E-state index in [1.807, 2.05) is 29.8 Å². The van der Waals surface area contributed by atoms with Crippen molar-refractivity contribution in [1.29, 1.82) is 0 Å². The molecule has 0 aromatic carbocycles. The van der Waals surface area contributed by atoms with Crippen LogP contribution in [0.5, 0.6) is 0 Å². The van der Waals surface area contributed by atoms with E-state index in [9.17, 15) is 0 Å². The molecule has 0 atom stereocenters. The van der Waals surface area contributed by atoms with Crippen LogP contribution >= 0.6 is 11.6 Å². The van der Waals surface area contributed by atoms with E-state index in [0.717, 1.165) is 17.1 Å². The summed E-state index contributed by atoms with van der Waals surface area (Å²) in [6.07, 6.45) is 5.46. The molecule has 0 aliphatic heterocycles. The summed E-state index contributed by atoms with van der Waals surface area (Å²) in [5.41, 5.74) is 2.92.